The number of ether oxygens (including phenoxy) is 2. The van der Waals surface area contributed by atoms with Gasteiger partial charge in [-0.25, -0.2) is 9.37 Å². The topological polar surface area (TPSA) is 89.6 Å². The van der Waals surface area contributed by atoms with E-state index in [1.807, 2.05) is 6.07 Å². The minimum atomic E-state index is -0.764. The highest BCUT2D eigenvalue weighted by Gasteiger charge is 2.17. The van der Waals surface area contributed by atoms with E-state index in [0.717, 1.165) is 0 Å². The van der Waals surface area contributed by atoms with E-state index in [-0.39, 0.29) is 5.56 Å². The minimum absolute atomic E-state index is 0.177. The molecule has 2 amide bonds. The van der Waals surface area contributed by atoms with Crippen LogP contribution in [0.3, 0.4) is 0 Å². The fourth-order valence-corrected chi connectivity index (χ4v) is 3.40. The van der Waals surface area contributed by atoms with Gasteiger partial charge in [-0.05, 0) is 42.5 Å². The van der Waals surface area contributed by atoms with E-state index < -0.39 is 17.6 Å². The highest BCUT2D eigenvalue weighted by atomic mass is 19.1. The predicted molar refractivity (Wildman–Crippen MR) is 122 cm³/mol. The monoisotopic (exact) mass is 445 g/mol. The fourth-order valence-electron chi connectivity index (χ4n) is 3.40. The third kappa shape index (κ3) is 4.45. The maximum atomic E-state index is 13.9. The summed E-state index contributed by atoms with van der Waals surface area (Å²) in [7, 11) is 3.08. The highest BCUT2D eigenvalue weighted by Crippen LogP contribution is 2.33. The molecule has 4 aromatic rings. The maximum absolute atomic E-state index is 13.9. The second-order valence-corrected chi connectivity index (χ2v) is 7.03. The first-order chi connectivity index (χ1) is 16.0. The molecule has 4 rings (SSSR count). The zero-order chi connectivity index (χ0) is 23.4. The van der Waals surface area contributed by atoms with Crippen LogP contribution in [0, 0.1) is 5.82 Å². The standard InChI is InChI=1S/C25H20FN3O4/c1-32-22-12-11-15(13-23(22)33-2)21-14-18(16-7-4-6-10-20(16)27-21)25(31)29-28-24(30)17-8-3-5-9-19(17)26/h3-14H,1-2H3,(H,28,30)(H,29,31). The first kappa shape index (κ1) is 21.8. The smallest absolute Gasteiger partial charge is 0.272 e. The molecule has 0 spiro atoms. The van der Waals surface area contributed by atoms with Crippen LogP contribution in [0.2, 0.25) is 0 Å². The molecule has 0 saturated heterocycles. The van der Waals surface area contributed by atoms with Crippen molar-refractivity contribution in [1.82, 2.24) is 15.8 Å². The number of halogens is 1. The molecule has 0 unspecified atom stereocenters. The van der Waals surface area contributed by atoms with Crippen LogP contribution in [-0.4, -0.2) is 31.0 Å². The number of para-hydroxylation sites is 1. The number of methoxy groups -OCH3 is 2. The molecule has 0 fully saturated rings. The summed E-state index contributed by atoms with van der Waals surface area (Å²) in [6.45, 7) is 0. The Hall–Kier alpha value is -4.46. The molecule has 1 heterocycles. The minimum Gasteiger partial charge on any atom is -0.493 e. The lowest BCUT2D eigenvalue weighted by Gasteiger charge is -2.13. The summed E-state index contributed by atoms with van der Waals surface area (Å²) in [4.78, 5) is 29.9. The number of fused-ring (bicyclic) bond motifs is 1. The zero-order valence-corrected chi connectivity index (χ0v) is 17.9. The Kier molecular flexibility index (Phi) is 6.17. The number of aromatic nitrogens is 1. The Bertz CT molecular complexity index is 1360. The van der Waals surface area contributed by atoms with Crippen molar-refractivity contribution in [3.8, 4) is 22.8 Å². The molecular formula is C25H20FN3O4. The number of nitrogens with one attached hydrogen (secondary N) is 2. The molecule has 0 aliphatic carbocycles. The molecule has 33 heavy (non-hydrogen) atoms. The Balaban J connectivity index is 1.68. The molecule has 8 heteroatoms. The summed E-state index contributed by atoms with van der Waals surface area (Å²) < 4.78 is 24.5. The molecule has 0 aliphatic heterocycles. The summed E-state index contributed by atoms with van der Waals surface area (Å²) in [5.74, 6) is -0.932. The van der Waals surface area contributed by atoms with Gasteiger partial charge in [0.15, 0.2) is 11.5 Å². The number of hydrazine groups is 1. The van der Waals surface area contributed by atoms with Crippen molar-refractivity contribution in [2.24, 2.45) is 0 Å². The molecule has 0 bridgehead atoms. The molecule has 7 nitrogen and oxygen atoms in total. The third-order valence-corrected chi connectivity index (χ3v) is 5.05. The summed E-state index contributed by atoms with van der Waals surface area (Å²) in [6, 6.07) is 19.6. The van der Waals surface area contributed by atoms with Crippen molar-refractivity contribution >= 4 is 22.7 Å². The number of amides is 2. The van der Waals surface area contributed by atoms with Gasteiger partial charge in [-0.1, -0.05) is 30.3 Å². The van der Waals surface area contributed by atoms with Gasteiger partial charge in [-0.3, -0.25) is 20.4 Å². The predicted octanol–water partition coefficient (Wildman–Crippen LogP) is 4.13. The van der Waals surface area contributed by atoms with E-state index in [1.165, 1.54) is 31.4 Å². The quantitative estimate of drug-likeness (QED) is 0.451. The largest absolute Gasteiger partial charge is 0.493 e. The van der Waals surface area contributed by atoms with Crippen molar-refractivity contribution in [2.75, 3.05) is 14.2 Å². The molecule has 0 saturated carbocycles. The van der Waals surface area contributed by atoms with Crippen molar-refractivity contribution in [1.29, 1.82) is 0 Å². The third-order valence-electron chi connectivity index (χ3n) is 5.05. The van der Waals surface area contributed by atoms with Gasteiger partial charge in [0.05, 0.1) is 36.6 Å². The maximum Gasteiger partial charge on any atom is 0.272 e. The lowest BCUT2D eigenvalue weighted by Crippen LogP contribution is -2.42. The average Bonchev–Trinajstić information content (AvgIpc) is 2.86. The van der Waals surface area contributed by atoms with Crippen LogP contribution < -0.4 is 20.3 Å². The number of hydrogen-bond acceptors (Lipinski definition) is 5. The molecule has 3 aromatic carbocycles. The Morgan fingerprint density at radius 3 is 2.18 bits per heavy atom. The molecule has 0 radical (unpaired) electrons. The fraction of sp³-hybridized carbons (Fsp3) is 0.0800. The summed E-state index contributed by atoms with van der Waals surface area (Å²) in [5, 5.41) is 0.597. The van der Waals surface area contributed by atoms with Gasteiger partial charge < -0.3 is 9.47 Å². The molecule has 1 aromatic heterocycles. The van der Waals surface area contributed by atoms with Gasteiger partial charge >= 0.3 is 0 Å². The van der Waals surface area contributed by atoms with Crippen LogP contribution >= 0.6 is 0 Å². The lowest BCUT2D eigenvalue weighted by molar-refractivity contribution is 0.0845. The van der Waals surface area contributed by atoms with Crippen LogP contribution in [0.5, 0.6) is 11.5 Å². The van der Waals surface area contributed by atoms with Crippen molar-refractivity contribution in [3.63, 3.8) is 0 Å². The number of carbonyl (C=O) groups is 2. The Morgan fingerprint density at radius 1 is 0.788 bits per heavy atom. The average molecular weight is 445 g/mol. The van der Waals surface area contributed by atoms with E-state index >= 15 is 0 Å². The second kappa shape index (κ2) is 9.35. The summed E-state index contributed by atoms with van der Waals surface area (Å²) in [5.41, 5.74) is 6.56. The second-order valence-electron chi connectivity index (χ2n) is 7.03. The Labute approximate surface area is 189 Å². The molecule has 0 atom stereocenters. The van der Waals surface area contributed by atoms with Gasteiger partial charge in [-0.2, -0.15) is 0 Å². The van der Waals surface area contributed by atoms with Gasteiger partial charge in [0.2, 0.25) is 0 Å². The zero-order valence-electron chi connectivity index (χ0n) is 17.9. The van der Waals surface area contributed by atoms with E-state index in [1.54, 1.807) is 49.6 Å². The van der Waals surface area contributed by atoms with Crippen LogP contribution in [0.4, 0.5) is 4.39 Å². The first-order valence-electron chi connectivity index (χ1n) is 9.99. The number of rotatable bonds is 5. The van der Waals surface area contributed by atoms with E-state index in [0.29, 0.717) is 39.2 Å². The van der Waals surface area contributed by atoms with Gasteiger partial charge in [-0.15, -0.1) is 0 Å². The van der Waals surface area contributed by atoms with Crippen molar-refractivity contribution in [3.05, 3.63) is 89.7 Å². The number of pyridine rings is 1. The molecule has 2 N–H and O–H groups in total. The van der Waals surface area contributed by atoms with Crippen molar-refractivity contribution in [2.45, 2.75) is 0 Å². The summed E-state index contributed by atoms with van der Waals surface area (Å²) in [6.07, 6.45) is 0. The van der Waals surface area contributed by atoms with Crippen LogP contribution in [0.1, 0.15) is 20.7 Å². The lowest BCUT2D eigenvalue weighted by atomic mass is 10.0. The van der Waals surface area contributed by atoms with Crippen LogP contribution in [0.15, 0.2) is 72.8 Å². The van der Waals surface area contributed by atoms with Gasteiger partial charge in [0.25, 0.3) is 11.8 Å². The molecule has 166 valence electrons. The number of benzene rings is 3. The van der Waals surface area contributed by atoms with Gasteiger partial charge in [0, 0.05) is 10.9 Å². The SMILES string of the molecule is COc1ccc(-c2cc(C(=O)NNC(=O)c3ccccc3F)c3ccccc3n2)cc1OC. The highest BCUT2D eigenvalue weighted by molar-refractivity contribution is 6.08. The van der Waals surface area contributed by atoms with E-state index in [2.05, 4.69) is 15.8 Å². The van der Waals surface area contributed by atoms with E-state index in [4.69, 9.17) is 9.47 Å². The number of hydrogen-bond donors (Lipinski definition) is 2. The number of carbonyl (C=O) groups excluding carboxylic acids is 2. The van der Waals surface area contributed by atoms with E-state index in [9.17, 15) is 14.0 Å². The number of nitrogens with zero attached hydrogens (tertiary/aromatic N) is 1. The van der Waals surface area contributed by atoms with Crippen LogP contribution in [-0.2, 0) is 0 Å². The summed E-state index contributed by atoms with van der Waals surface area (Å²) >= 11 is 0. The van der Waals surface area contributed by atoms with Gasteiger partial charge in [0.1, 0.15) is 5.82 Å². The Morgan fingerprint density at radius 2 is 1.45 bits per heavy atom. The normalized spacial score (nSPS) is 10.5. The van der Waals surface area contributed by atoms with Crippen molar-refractivity contribution < 1.29 is 23.5 Å². The molecular weight excluding hydrogens is 425 g/mol. The first-order valence-corrected chi connectivity index (χ1v) is 9.99. The molecule has 0 aliphatic rings. The van der Waals surface area contributed by atoms with Crippen LogP contribution in [0.25, 0.3) is 22.2 Å².